The summed E-state index contributed by atoms with van der Waals surface area (Å²) in [5.74, 6) is 0.130. The van der Waals surface area contributed by atoms with Crippen LogP contribution in [0, 0.1) is 0 Å². The molecule has 0 aliphatic rings. The van der Waals surface area contributed by atoms with Crippen molar-refractivity contribution in [2.24, 2.45) is 0 Å². The second-order valence-corrected chi connectivity index (χ2v) is 5.90. The second kappa shape index (κ2) is 6.11. The molecule has 21 heavy (non-hydrogen) atoms. The molecule has 106 valence electrons. The van der Waals surface area contributed by atoms with Gasteiger partial charge in [-0.3, -0.25) is 10.1 Å². The van der Waals surface area contributed by atoms with E-state index in [2.05, 4.69) is 15.5 Å². The SMILES string of the molecule is CSc1cccc(-c2nnc(NC(=O)c3cccs3)o2)c1. The van der Waals surface area contributed by atoms with Crippen molar-refractivity contribution in [2.45, 2.75) is 4.90 Å². The summed E-state index contributed by atoms with van der Waals surface area (Å²) in [5.41, 5.74) is 0.825. The molecule has 0 aliphatic carbocycles. The van der Waals surface area contributed by atoms with Crippen LogP contribution in [0.1, 0.15) is 9.67 Å². The minimum Gasteiger partial charge on any atom is -0.403 e. The summed E-state index contributed by atoms with van der Waals surface area (Å²) in [7, 11) is 0. The predicted molar refractivity (Wildman–Crippen MR) is 83.8 cm³/mol. The zero-order valence-electron chi connectivity index (χ0n) is 11.1. The Labute approximate surface area is 129 Å². The highest BCUT2D eigenvalue weighted by molar-refractivity contribution is 7.98. The number of hydrogen-bond donors (Lipinski definition) is 1. The highest BCUT2D eigenvalue weighted by Gasteiger charge is 2.13. The van der Waals surface area contributed by atoms with Crippen LogP contribution in [0.25, 0.3) is 11.5 Å². The first-order chi connectivity index (χ1) is 10.3. The third-order valence-electron chi connectivity index (χ3n) is 2.71. The molecule has 5 nitrogen and oxygen atoms in total. The van der Waals surface area contributed by atoms with Crippen LogP contribution in [0.5, 0.6) is 0 Å². The van der Waals surface area contributed by atoms with Gasteiger partial charge in [0.1, 0.15) is 0 Å². The van der Waals surface area contributed by atoms with Crippen molar-refractivity contribution in [2.75, 3.05) is 11.6 Å². The van der Waals surface area contributed by atoms with Crippen molar-refractivity contribution < 1.29 is 9.21 Å². The van der Waals surface area contributed by atoms with Gasteiger partial charge < -0.3 is 4.42 Å². The first kappa shape index (κ1) is 13.8. The number of nitrogens with one attached hydrogen (secondary N) is 1. The Morgan fingerprint density at radius 2 is 2.19 bits per heavy atom. The number of benzene rings is 1. The summed E-state index contributed by atoms with van der Waals surface area (Å²) in [4.78, 5) is 13.6. The first-order valence-corrected chi connectivity index (χ1v) is 8.19. The van der Waals surface area contributed by atoms with E-state index in [0.29, 0.717) is 10.8 Å². The van der Waals surface area contributed by atoms with Gasteiger partial charge in [0.05, 0.1) is 4.88 Å². The summed E-state index contributed by atoms with van der Waals surface area (Å²) in [5, 5.41) is 12.2. The fourth-order valence-corrected chi connectivity index (χ4v) is 2.79. The Bertz CT molecular complexity index is 753. The monoisotopic (exact) mass is 317 g/mol. The van der Waals surface area contributed by atoms with Gasteiger partial charge in [-0.1, -0.05) is 17.2 Å². The van der Waals surface area contributed by atoms with Gasteiger partial charge >= 0.3 is 6.01 Å². The zero-order valence-corrected chi connectivity index (χ0v) is 12.7. The highest BCUT2D eigenvalue weighted by Crippen LogP contribution is 2.24. The zero-order chi connectivity index (χ0) is 14.7. The van der Waals surface area contributed by atoms with E-state index >= 15 is 0 Å². The van der Waals surface area contributed by atoms with E-state index < -0.39 is 0 Å². The van der Waals surface area contributed by atoms with E-state index in [9.17, 15) is 4.79 Å². The molecule has 0 bridgehead atoms. The van der Waals surface area contributed by atoms with Crippen LogP contribution in [0.15, 0.2) is 51.1 Å². The molecule has 0 aliphatic heterocycles. The molecule has 0 unspecified atom stereocenters. The predicted octanol–water partition coefficient (Wildman–Crippen LogP) is 3.77. The molecule has 0 atom stereocenters. The fraction of sp³-hybridized carbons (Fsp3) is 0.0714. The maximum Gasteiger partial charge on any atom is 0.322 e. The maximum atomic E-state index is 11.9. The van der Waals surface area contributed by atoms with Crippen molar-refractivity contribution >= 4 is 35.0 Å². The van der Waals surface area contributed by atoms with E-state index in [0.717, 1.165) is 10.5 Å². The number of hydrogen-bond acceptors (Lipinski definition) is 6. The second-order valence-electron chi connectivity index (χ2n) is 4.08. The first-order valence-electron chi connectivity index (χ1n) is 6.09. The molecule has 0 spiro atoms. The summed E-state index contributed by atoms with van der Waals surface area (Å²) in [6.45, 7) is 0. The quantitative estimate of drug-likeness (QED) is 0.742. The molecule has 0 saturated carbocycles. The number of rotatable bonds is 4. The maximum absolute atomic E-state index is 11.9. The lowest BCUT2D eigenvalue weighted by atomic mass is 10.2. The molecule has 3 aromatic rings. The topological polar surface area (TPSA) is 68.0 Å². The van der Waals surface area contributed by atoms with Gasteiger partial charge in [0.25, 0.3) is 5.91 Å². The molecule has 1 aromatic carbocycles. The lowest BCUT2D eigenvalue weighted by Crippen LogP contribution is -2.10. The Morgan fingerprint density at radius 1 is 1.29 bits per heavy atom. The van der Waals surface area contributed by atoms with E-state index in [4.69, 9.17) is 4.42 Å². The number of carbonyl (C=O) groups is 1. The van der Waals surface area contributed by atoms with Gasteiger partial charge in [0, 0.05) is 10.5 Å². The Morgan fingerprint density at radius 3 is 2.95 bits per heavy atom. The largest absolute Gasteiger partial charge is 0.403 e. The molecule has 2 heterocycles. The number of anilines is 1. The minimum absolute atomic E-state index is 0.0953. The van der Waals surface area contributed by atoms with E-state index in [1.807, 2.05) is 42.0 Å². The normalized spacial score (nSPS) is 10.5. The molecule has 1 N–H and O–H groups in total. The summed E-state index contributed by atoms with van der Waals surface area (Å²) >= 11 is 2.99. The van der Waals surface area contributed by atoms with Crippen LogP contribution in [0.2, 0.25) is 0 Å². The standard InChI is InChI=1S/C14H11N3O2S2/c1-20-10-5-2-4-9(8-10)13-16-17-14(19-13)15-12(18)11-6-3-7-21-11/h2-8H,1H3,(H,15,17,18). The van der Waals surface area contributed by atoms with Crippen LogP contribution in [0.3, 0.4) is 0 Å². The number of amides is 1. The Hall–Kier alpha value is -2.12. The molecule has 2 aromatic heterocycles. The molecule has 0 fully saturated rings. The number of thiophene rings is 1. The number of thioether (sulfide) groups is 1. The molecule has 0 radical (unpaired) electrons. The summed E-state index contributed by atoms with van der Waals surface area (Å²) in [6, 6.07) is 11.4. The number of nitrogens with zero attached hydrogens (tertiary/aromatic N) is 2. The van der Waals surface area contributed by atoms with Gasteiger partial charge in [-0.25, -0.2) is 0 Å². The van der Waals surface area contributed by atoms with Crippen molar-refractivity contribution in [3.63, 3.8) is 0 Å². The molecular weight excluding hydrogens is 306 g/mol. The third-order valence-corrected chi connectivity index (χ3v) is 4.30. The van der Waals surface area contributed by atoms with Crippen LogP contribution in [-0.4, -0.2) is 22.4 Å². The molecule has 1 amide bonds. The summed E-state index contributed by atoms with van der Waals surface area (Å²) < 4.78 is 5.48. The van der Waals surface area contributed by atoms with Gasteiger partial charge in [0.15, 0.2) is 0 Å². The van der Waals surface area contributed by atoms with Gasteiger partial charge in [-0.15, -0.1) is 28.2 Å². The molecular formula is C14H11N3O2S2. The van der Waals surface area contributed by atoms with Crippen LogP contribution in [0.4, 0.5) is 6.01 Å². The fourth-order valence-electron chi connectivity index (χ4n) is 1.71. The lowest BCUT2D eigenvalue weighted by Gasteiger charge is -1.98. The third kappa shape index (κ3) is 3.14. The molecule has 0 saturated heterocycles. The summed E-state index contributed by atoms with van der Waals surface area (Å²) in [6.07, 6.45) is 2.00. The lowest BCUT2D eigenvalue weighted by molar-refractivity contribution is 0.102. The van der Waals surface area contributed by atoms with Gasteiger partial charge in [-0.2, -0.15) is 0 Å². The Balaban J connectivity index is 1.78. The highest BCUT2D eigenvalue weighted by atomic mass is 32.2. The van der Waals surface area contributed by atoms with E-state index in [1.165, 1.54) is 11.3 Å². The average Bonchev–Trinajstić information content (AvgIpc) is 3.18. The molecule has 7 heteroatoms. The van der Waals surface area contributed by atoms with Crippen molar-refractivity contribution in [1.82, 2.24) is 10.2 Å². The number of aromatic nitrogens is 2. The van der Waals surface area contributed by atoms with Gasteiger partial charge in [0.2, 0.25) is 5.89 Å². The van der Waals surface area contributed by atoms with Crippen molar-refractivity contribution in [3.05, 3.63) is 46.7 Å². The molecule has 3 rings (SSSR count). The van der Waals surface area contributed by atoms with Crippen LogP contribution < -0.4 is 5.32 Å². The number of carbonyl (C=O) groups excluding carboxylic acids is 1. The average molecular weight is 317 g/mol. The Kier molecular flexibility index (Phi) is 4.03. The minimum atomic E-state index is -0.252. The van der Waals surface area contributed by atoms with Crippen molar-refractivity contribution in [3.8, 4) is 11.5 Å². The van der Waals surface area contributed by atoms with E-state index in [1.54, 1.807) is 17.8 Å². The van der Waals surface area contributed by atoms with Gasteiger partial charge in [-0.05, 0) is 35.9 Å². The van der Waals surface area contributed by atoms with E-state index in [-0.39, 0.29) is 11.9 Å². The smallest absolute Gasteiger partial charge is 0.322 e. The van der Waals surface area contributed by atoms with Crippen LogP contribution in [-0.2, 0) is 0 Å². The van der Waals surface area contributed by atoms with Crippen LogP contribution >= 0.6 is 23.1 Å². The van der Waals surface area contributed by atoms with Crippen molar-refractivity contribution in [1.29, 1.82) is 0 Å².